The number of hydrogen-bond donors (Lipinski definition) is 0. The molecule has 2 atom stereocenters. The molecule has 1 aliphatic carbocycles. The van der Waals surface area contributed by atoms with Crippen molar-refractivity contribution in [1.82, 2.24) is 4.90 Å². The van der Waals surface area contributed by atoms with Gasteiger partial charge in [-0.25, -0.2) is 0 Å². The number of rotatable bonds is 5. The predicted molar refractivity (Wildman–Crippen MR) is 63.8 cm³/mol. The first kappa shape index (κ1) is 14.8. The monoisotopic (exact) mass is 251 g/mol. The minimum Gasteiger partial charge on any atom is -0.286 e. The van der Waals surface area contributed by atoms with Crippen LogP contribution in [0.3, 0.4) is 0 Å². The van der Waals surface area contributed by atoms with Gasteiger partial charge in [0.05, 0.1) is 0 Å². The van der Waals surface area contributed by atoms with Gasteiger partial charge in [0.25, 0.3) is 0 Å². The fourth-order valence-corrected chi connectivity index (χ4v) is 2.42. The summed E-state index contributed by atoms with van der Waals surface area (Å²) in [6, 6.07) is -1.18. The number of alkyl halides is 3. The van der Waals surface area contributed by atoms with Crippen molar-refractivity contribution < 1.29 is 13.2 Å². The van der Waals surface area contributed by atoms with Crippen molar-refractivity contribution in [2.24, 2.45) is 11.8 Å². The lowest BCUT2D eigenvalue weighted by atomic mass is 9.96. The second-order valence-electron chi connectivity index (χ2n) is 5.89. The Labute approximate surface area is 102 Å². The Morgan fingerprint density at radius 3 is 1.65 bits per heavy atom. The molecule has 0 unspecified atom stereocenters. The van der Waals surface area contributed by atoms with E-state index in [9.17, 15) is 13.2 Å². The summed E-state index contributed by atoms with van der Waals surface area (Å²) in [5.41, 5.74) is 0. The van der Waals surface area contributed by atoms with Gasteiger partial charge in [0.15, 0.2) is 0 Å². The van der Waals surface area contributed by atoms with Gasteiger partial charge in [-0.15, -0.1) is 0 Å². The van der Waals surface area contributed by atoms with Crippen LogP contribution in [0.5, 0.6) is 0 Å². The molecule has 0 amide bonds. The van der Waals surface area contributed by atoms with Crippen LogP contribution in [0.2, 0.25) is 0 Å². The summed E-state index contributed by atoms with van der Waals surface area (Å²) in [5.74, 6) is -0.143. The van der Waals surface area contributed by atoms with Crippen LogP contribution in [0.4, 0.5) is 13.2 Å². The normalized spacial score (nSPS) is 21.4. The van der Waals surface area contributed by atoms with E-state index in [1.165, 1.54) is 0 Å². The minimum absolute atomic E-state index is 0.0171. The zero-order chi connectivity index (χ0) is 13.4. The number of halogens is 3. The second-order valence-corrected chi connectivity index (χ2v) is 5.89. The van der Waals surface area contributed by atoms with Crippen LogP contribution in [0.15, 0.2) is 0 Å². The molecule has 1 rings (SSSR count). The highest BCUT2D eigenvalue weighted by Gasteiger charge is 2.51. The Balaban J connectivity index is 2.94. The van der Waals surface area contributed by atoms with E-state index in [1.807, 2.05) is 20.8 Å². The summed E-state index contributed by atoms with van der Waals surface area (Å²) >= 11 is 0. The first-order valence-corrected chi connectivity index (χ1v) is 6.50. The van der Waals surface area contributed by atoms with Crippen LogP contribution >= 0.6 is 0 Å². The van der Waals surface area contributed by atoms with Crippen LogP contribution in [0.1, 0.15) is 47.5 Å². The van der Waals surface area contributed by atoms with Crippen molar-refractivity contribution in [3.8, 4) is 0 Å². The Bertz CT molecular complexity index is 244. The molecule has 0 aromatic heterocycles. The predicted octanol–water partition coefficient (Wildman–Crippen LogP) is 4.08. The molecule has 1 fully saturated rings. The third-order valence-corrected chi connectivity index (χ3v) is 3.69. The molecule has 4 heteroatoms. The van der Waals surface area contributed by atoms with Crippen molar-refractivity contribution in [3.05, 3.63) is 0 Å². The van der Waals surface area contributed by atoms with Crippen LogP contribution < -0.4 is 0 Å². The maximum atomic E-state index is 13.2. The highest BCUT2D eigenvalue weighted by atomic mass is 19.4. The van der Waals surface area contributed by atoms with Crippen LogP contribution in [-0.2, 0) is 0 Å². The fraction of sp³-hybridized carbons (Fsp3) is 1.00. The molecule has 1 saturated carbocycles. The Hall–Kier alpha value is -0.250. The molecule has 0 aromatic rings. The summed E-state index contributed by atoms with van der Waals surface area (Å²) in [4.78, 5) is 1.72. The zero-order valence-electron chi connectivity index (χ0n) is 11.4. The molecule has 102 valence electrons. The van der Waals surface area contributed by atoms with Gasteiger partial charge in [-0.1, -0.05) is 27.7 Å². The second kappa shape index (κ2) is 5.17. The van der Waals surface area contributed by atoms with E-state index in [4.69, 9.17) is 0 Å². The van der Waals surface area contributed by atoms with E-state index in [0.29, 0.717) is 0 Å². The average Bonchev–Trinajstić information content (AvgIpc) is 2.92. The third kappa shape index (κ3) is 3.60. The van der Waals surface area contributed by atoms with E-state index >= 15 is 0 Å². The van der Waals surface area contributed by atoms with E-state index in [1.54, 1.807) is 18.7 Å². The van der Waals surface area contributed by atoms with Gasteiger partial charge >= 0.3 is 6.18 Å². The van der Waals surface area contributed by atoms with Crippen molar-refractivity contribution in [3.63, 3.8) is 0 Å². The number of hydrogen-bond acceptors (Lipinski definition) is 1. The Kier molecular flexibility index (Phi) is 4.50. The first-order chi connectivity index (χ1) is 7.66. The van der Waals surface area contributed by atoms with Crippen LogP contribution in [0.25, 0.3) is 0 Å². The van der Waals surface area contributed by atoms with Gasteiger partial charge in [0, 0.05) is 12.1 Å². The molecule has 0 aliphatic heterocycles. The van der Waals surface area contributed by atoms with Crippen molar-refractivity contribution in [2.45, 2.75) is 71.8 Å². The fourth-order valence-electron chi connectivity index (χ4n) is 2.42. The van der Waals surface area contributed by atoms with Gasteiger partial charge < -0.3 is 0 Å². The Morgan fingerprint density at radius 1 is 0.941 bits per heavy atom. The lowest BCUT2D eigenvalue weighted by molar-refractivity contribution is -0.204. The molecule has 0 spiro atoms. The molecule has 0 bridgehead atoms. The summed E-state index contributed by atoms with van der Waals surface area (Å²) in [6.45, 7) is 9.24. The van der Waals surface area contributed by atoms with Gasteiger partial charge in [-0.3, -0.25) is 4.90 Å². The van der Waals surface area contributed by atoms with E-state index in [-0.39, 0.29) is 18.0 Å². The minimum atomic E-state index is -4.13. The maximum Gasteiger partial charge on any atom is 0.404 e. The zero-order valence-corrected chi connectivity index (χ0v) is 11.4. The molecule has 17 heavy (non-hydrogen) atoms. The van der Waals surface area contributed by atoms with Gasteiger partial charge in [0.2, 0.25) is 0 Å². The van der Waals surface area contributed by atoms with Crippen molar-refractivity contribution in [1.29, 1.82) is 0 Å². The van der Waals surface area contributed by atoms with Crippen LogP contribution in [0, 0.1) is 11.8 Å². The molecule has 1 nitrogen and oxygen atoms in total. The first-order valence-electron chi connectivity index (χ1n) is 6.50. The molecule has 0 saturated heterocycles. The standard InChI is InChI=1S/C13H24F3N/c1-8(2)10(5)17(11-6-7-11)12(9(3)4)13(14,15)16/h8-12H,6-7H2,1-5H3/t10-,12+/m0/s1. The summed E-state index contributed by atoms with van der Waals surface area (Å²) in [6.07, 6.45) is -2.30. The molecule has 0 radical (unpaired) electrons. The SMILES string of the molecule is CC(C)[C@H](C)N(C1CC1)[C@H](C(C)C)C(F)(F)F. The van der Waals surface area contributed by atoms with Crippen LogP contribution in [-0.4, -0.2) is 29.2 Å². The quantitative estimate of drug-likeness (QED) is 0.711. The molecule has 1 aliphatic rings. The maximum absolute atomic E-state index is 13.2. The van der Waals surface area contributed by atoms with E-state index in [2.05, 4.69) is 0 Å². The molecule has 0 aromatic carbocycles. The third-order valence-electron chi connectivity index (χ3n) is 3.69. The summed E-state index contributed by atoms with van der Waals surface area (Å²) in [7, 11) is 0. The highest BCUT2D eigenvalue weighted by Crippen LogP contribution is 2.40. The topological polar surface area (TPSA) is 3.24 Å². The van der Waals surface area contributed by atoms with Gasteiger partial charge in [-0.2, -0.15) is 13.2 Å². The summed E-state index contributed by atoms with van der Waals surface area (Å²) in [5, 5.41) is 0. The molecule has 0 N–H and O–H groups in total. The smallest absolute Gasteiger partial charge is 0.286 e. The number of nitrogens with zero attached hydrogens (tertiary/aromatic N) is 1. The Morgan fingerprint density at radius 2 is 1.41 bits per heavy atom. The molecular weight excluding hydrogens is 227 g/mol. The lowest BCUT2D eigenvalue weighted by Crippen LogP contribution is -2.55. The van der Waals surface area contributed by atoms with Gasteiger partial charge in [0.1, 0.15) is 6.04 Å². The summed E-state index contributed by atoms with van der Waals surface area (Å²) < 4.78 is 39.6. The average molecular weight is 251 g/mol. The highest BCUT2D eigenvalue weighted by molar-refractivity contribution is 4.95. The lowest BCUT2D eigenvalue weighted by Gasteiger charge is -2.41. The largest absolute Gasteiger partial charge is 0.404 e. The van der Waals surface area contributed by atoms with Crippen molar-refractivity contribution >= 4 is 0 Å². The molecular formula is C13H24F3N. The molecule has 0 heterocycles. The van der Waals surface area contributed by atoms with Gasteiger partial charge in [-0.05, 0) is 31.6 Å². The van der Waals surface area contributed by atoms with E-state index < -0.39 is 18.1 Å². The van der Waals surface area contributed by atoms with Crippen molar-refractivity contribution in [2.75, 3.05) is 0 Å². The van der Waals surface area contributed by atoms with E-state index in [0.717, 1.165) is 12.8 Å².